The molecule has 0 spiro atoms. The first kappa shape index (κ1) is 26.6. The molecule has 1 aromatic heterocycles. The van der Waals surface area contributed by atoms with Gasteiger partial charge in [-0.15, -0.1) is 0 Å². The van der Waals surface area contributed by atoms with Crippen LogP contribution in [0.25, 0.3) is 11.3 Å². The zero-order valence-corrected chi connectivity index (χ0v) is 21.1. The number of unbranched alkanes of at least 4 members (excludes halogenated alkanes) is 5. The molecule has 0 saturated heterocycles. The Morgan fingerprint density at radius 3 is 2.15 bits per heavy atom. The van der Waals surface area contributed by atoms with Crippen molar-refractivity contribution in [2.24, 2.45) is 11.8 Å². The fourth-order valence-corrected chi connectivity index (χ4v) is 5.03. The highest BCUT2D eigenvalue weighted by molar-refractivity contribution is 5.61. The SMILES string of the molecule is CCCCCCC1CCC(CCc2ccc(-c3ccc(OCCCCC)c(F)c3F)nn2)CC1. The van der Waals surface area contributed by atoms with Crippen LogP contribution in [0, 0.1) is 23.5 Å². The van der Waals surface area contributed by atoms with Crippen LogP contribution in [-0.4, -0.2) is 16.8 Å². The minimum Gasteiger partial charge on any atom is -0.490 e. The van der Waals surface area contributed by atoms with E-state index in [2.05, 4.69) is 24.0 Å². The first-order valence-electron chi connectivity index (χ1n) is 13.6. The Bertz CT molecular complexity index is 848. The van der Waals surface area contributed by atoms with Gasteiger partial charge in [-0.1, -0.05) is 84.5 Å². The number of ether oxygens (including phenoxy) is 1. The molecule has 5 heteroatoms. The van der Waals surface area contributed by atoms with E-state index in [1.54, 1.807) is 6.07 Å². The predicted octanol–water partition coefficient (Wildman–Crippen LogP) is 8.70. The Balaban J connectivity index is 1.46. The van der Waals surface area contributed by atoms with E-state index < -0.39 is 11.6 Å². The van der Waals surface area contributed by atoms with Crippen molar-refractivity contribution in [3.05, 3.63) is 41.6 Å². The number of halogens is 2. The molecule has 0 unspecified atom stereocenters. The zero-order chi connectivity index (χ0) is 24.2. The molecule has 0 atom stereocenters. The summed E-state index contributed by atoms with van der Waals surface area (Å²) in [5.74, 6) is -0.236. The Morgan fingerprint density at radius 1 is 0.765 bits per heavy atom. The van der Waals surface area contributed by atoms with Crippen molar-refractivity contribution in [1.82, 2.24) is 10.2 Å². The van der Waals surface area contributed by atoms with Gasteiger partial charge in [-0.05, 0) is 55.4 Å². The minimum atomic E-state index is -0.958. The average Bonchev–Trinajstić information content (AvgIpc) is 2.87. The highest BCUT2D eigenvalue weighted by atomic mass is 19.2. The maximum atomic E-state index is 14.6. The highest BCUT2D eigenvalue weighted by Gasteiger charge is 2.21. The number of rotatable bonds is 14. The van der Waals surface area contributed by atoms with Gasteiger partial charge in [-0.25, -0.2) is 4.39 Å². The number of hydrogen-bond donors (Lipinski definition) is 0. The van der Waals surface area contributed by atoms with E-state index >= 15 is 0 Å². The topological polar surface area (TPSA) is 35.0 Å². The molecule has 1 aromatic carbocycles. The molecule has 0 bridgehead atoms. The van der Waals surface area contributed by atoms with Crippen LogP contribution in [0.1, 0.15) is 103 Å². The van der Waals surface area contributed by atoms with Crippen LogP contribution in [0.15, 0.2) is 24.3 Å². The molecule has 2 aromatic rings. The van der Waals surface area contributed by atoms with Gasteiger partial charge in [-0.2, -0.15) is 14.6 Å². The molecule has 1 fully saturated rings. The van der Waals surface area contributed by atoms with Gasteiger partial charge in [0.05, 0.1) is 18.0 Å². The summed E-state index contributed by atoms with van der Waals surface area (Å²) in [6.07, 6.45) is 17.1. The number of aryl methyl sites for hydroxylation is 1. The molecule has 3 nitrogen and oxygen atoms in total. The third-order valence-electron chi connectivity index (χ3n) is 7.29. The van der Waals surface area contributed by atoms with Crippen LogP contribution in [0.2, 0.25) is 0 Å². The van der Waals surface area contributed by atoms with Crippen LogP contribution < -0.4 is 4.74 Å². The van der Waals surface area contributed by atoms with Crippen molar-refractivity contribution in [2.45, 2.75) is 104 Å². The molecule has 34 heavy (non-hydrogen) atoms. The summed E-state index contributed by atoms with van der Waals surface area (Å²) in [5, 5.41) is 8.50. The van der Waals surface area contributed by atoms with Crippen molar-refractivity contribution in [1.29, 1.82) is 0 Å². The van der Waals surface area contributed by atoms with E-state index in [1.807, 2.05) is 6.07 Å². The van der Waals surface area contributed by atoms with E-state index in [-0.39, 0.29) is 11.3 Å². The summed E-state index contributed by atoms with van der Waals surface area (Å²) >= 11 is 0. The lowest BCUT2D eigenvalue weighted by atomic mass is 9.78. The third-order valence-corrected chi connectivity index (χ3v) is 7.29. The normalized spacial score (nSPS) is 18.2. The molecule has 3 rings (SSSR count). The fraction of sp³-hybridized carbons (Fsp3) is 0.655. The molecule has 0 radical (unpaired) electrons. The second-order valence-corrected chi connectivity index (χ2v) is 9.98. The monoisotopic (exact) mass is 472 g/mol. The molecule has 0 aliphatic heterocycles. The van der Waals surface area contributed by atoms with Crippen molar-refractivity contribution in [3.8, 4) is 17.0 Å². The second kappa shape index (κ2) is 14.4. The minimum absolute atomic E-state index is 0.0439. The van der Waals surface area contributed by atoms with Crippen molar-refractivity contribution in [3.63, 3.8) is 0 Å². The molecule has 1 aliphatic rings. The van der Waals surface area contributed by atoms with Crippen LogP contribution in [-0.2, 0) is 6.42 Å². The largest absolute Gasteiger partial charge is 0.490 e. The predicted molar refractivity (Wildman–Crippen MR) is 135 cm³/mol. The summed E-state index contributed by atoms with van der Waals surface area (Å²) in [4.78, 5) is 0. The van der Waals surface area contributed by atoms with Gasteiger partial charge < -0.3 is 4.74 Å². The standard InChI is InChI=1S/C29H42F2N2O/c1-3-5-7-8-10-22-11-13-23(14-12-22)15-16-24-17-19-26(33-32-24)25-18-20-27(29(31)28(25)30)34-21-9-6-4-2/h17-20,22-23H,3-16,21H2,1-2H3. The smallest absolute Gasteiger partial charge is 0.201 e. The van der Waals surface area contributed by atoms with Crippen molar-refractivity contribution in [2.75, 3.05) is 6.61 Å². The number of benzene rings is 1. The van der Waals surface area contributed by atoms with Crippen LogP contribution in [0.3, 0.4) is 0 Å². The van der Waals surface area contributed by atoms with Crippen LogP contribution in [0.5, 0.6) is 5.75 Å². The van der Waals surface area contributed by atoms with E-state index in [0.717, 1.165) is 49.6 Å². The van der Waals surface area contributed by atoms with Crippen molar-refractivity contribution < 1.29 is 13.5 Å². The van der Waals surface area contributed by atoms with Gasteiger partial charge in [0.1, 0.15) is 0 Å². The van der Waals surface area contributed by atoms with Gasteiger partial charge in [0.25, 0.3) is 0 Å². The van der Waals surface area contributed by atoms with Gasteiger partial charge >= 0.3 is 0 Å². The first-order valence-corrected chi connectivity index (χ1v) is 13.6. The van der Waals surface area contributed by atoms with Crippen LogP contribution >= 0.6 is 0 Å². The number of hydrogen-bond acceptors (Lipinski definition) is 3. The summed E-state index contributed by atoms with van der Waals surface area (Å²) in [7, 11) is 0. The summed E-state index contributed by atoms with van der Waals surface area (Å²) in [6.45, 7) is 4.74. The molecule has 0 amide bonds. The Labute approximate surface area is 204 Å². The third kappa shape index (κ3) is 8.02. The molecule has 1 aliphatic carbocycles. The average molecular weight is 473 g/mol. The summed E-state index contributed by atoms with van der Waals surface area (Å²) in [6, 6.07) is 6.65. The highest BCUT2D eigenvalue weighted by Crippen LogP contribution is 2.34. The van der Waals surface area contributed by atoms with E-state index in [0.29, 0.717) is 12.3 Å². The van der Waals surface area contributed by atoms with Gasteiger partial charge in [0.2, 0.25) is 5.82 Å². The molecule has 0 N–H and O–H groups in total. The van der Waals surface area contributed by atoms with Crippen molar-refractivity contribution >= 4 is 0 Å². The zero-order valence-electron chi connectivity index (χ0n) is 21.1. The number of nitrogens with zero attached hydrogens (tertiary/aromatic N) is 2. The molecular formula is C29H42F2N2O. The Morgan fingerprint density at radius 2 is 1.47 bits per heavy atom. The molecule has 1 saturated carbocycles. The van der Waals surface area contributed by atoms with E-state index in [1.165, 1.54) is 69.9 Å². The van der Waals surface area contributed by atoms with E-state index in [9.17, 15) is 8.78 Å². The molecule has 188 valence electrons. The maximum Gasteiger partial charge on any atom is 0.201 e. The fourth-order valence-electron chi connectivity index (χ4n) is 5.03. The lowest BCUT2D eigenvalue weighted by Crippen LogP contribution is -2.15. The van der Waals surface area contributed by atoms with Gasteiger partial charge in [0.15, 0.2) is 11.6 Å². The quantitative estimate of drug-likeness (QED) is 0.258. The maximum absolute atomic E-state index is 14.6. The van der Waals surface area contributed by atoms with Gasteiger partial charge in [0, 0.05) is 5.56 Å². The molecule has 1 heterocycles. The first-order chi connectivity index (χ1) is 16.6. The molecular weight excluding hydrogens is 430 g/mol. The number of aromatic nitrogens is 2. The second-order valence-electron chi connectivity index (χ2n) is 9.98. The summed E-state index contributed by atoms with van der Waals surface area (Å²) < 4.78 is 34.5. The Hall–Kier alpha value is -2.04. The van der Waals surface area contributed by atoms with Crippen LogP contribution in [0.4, 0.5) is 8.78 Å². The lowest BCUT2D eigenvalue weighted by Gasteiger charge is -2.28. The van der Waals surface area contributed by atoms with E-state index in [4.69, 9.17) is 4.74 Å². The Kier molecular flexibility index (Phi) is 11.2. The van der Waals surface area contributed by atoms with Gasteiger partial charge in [-0.3, -0.25) is 0 Å². The lowest BCUT2D eigenvalue weighted by molar-refractivity contribution is 0.248. The summed E-state index contributed by atoms with van der Waals surface area (Å²) in [5.41, 5.74) is 1.39.